The van der Waals surface area contributed by atoms with Crippen molar-refractivity contribution >= 4 is 11.9 Å². The van der Waals surface area contributed by atoms with Crippen LogP contribution in [0.25, 0.3) is 0 Å². The lowest BCUT2D eigenvalue weighted by Gasteiger charge is -2.30. The zero-order valence-electron chi connectivity index (χ0n) is 13.8. The molecule has 21 heavy (non-hydrogen) atoms. The smallest absolute Gasteiger partial charge is 0.310 e. The van der Waals surface area contributed by atoms with E-state index in [0.717, 1.165) is 6.42 Å². The summed E-state index contributed by atoms with van der Waals surface area (Å²) in [5, 5.41) is 0. The minimum Gasteiger partial charge on any atom is -0.463 e. The molecule has 0 aromatic rings. The number of carbonyl (C=O) groups excluding carboxylic acids is 2. The van der Waals surface area contributed by atoms with Gasteiger partial charge in [-0.25, -0.2) is 0 Å². The summed E-state index contributed by atoms with van der Waals surface area (Å²) < 4.78 is 10.8. The maximum absolute atomic E-state index is 12.4. The monoisotopic (exact) mass is 294 g/mol. The van der Waals surface area contributed by atoms with Gasteiger partial charge in [-0.2, -0.15) is 0 Å². The Morgan fingerprint density at radius 3 is 1.48 bits per heavy atom. The molecule has 0 saturated heterocycles. The Morgan fingerprint density at radius 2 is 1.19 bits per heavy atom. The Bertz CT molecular complexity index is 433. The normalized spacial score (nSPS) is 31.2. The third kappa shape index (κ3) is 2.85. The average Bonchev–Trinajstić information content (AvgIpc) is 2.85. The van der Waals surface area contributed by atoms with Crippen molar-refractivity contribution in [1.82, 2.24) is 0 Å². The van der Waals surface area contributed by atoms with E-state index in [1.807, 2.05) is 27.7 Å². The quantitative estimate of drug-likeness (QED) is 0.590. The first-order valence-corrected chi connectivity index (χ1v) is 7.82. The van der Waals surface area contributed by atoms with Crippen LogP contribution in [0.3, 0.4) is 0 Å². The van der Waals surface area contributed by atoms with Crippen molar-refractivity contribution < 1.29 is 19.1 Å². The van der Waals surface area contributed by atoms with Crippen LogP contribution < -0.4 is 0 Å². The van der Waals surface area contributed by atoms with Gasteiger partial charge >= 0.3 is 11.9 Å². The Kier molecular flexibility index (Phi) is 4.45. The third-order valence-corrected chi connectivity index (χ3v) is 4.74. The van der Waals surface area contributed by atoms with E-state index < -0.39 is 0 Å². The molecule has 2 rings (SSSR count). The van der Waals surface area contributed by atoms with E-state index in [1.165, 1.54) is 11.1 Å². The van der Waals surface area contributed by atoms with Gasteiger partial charge in [0.25, 0.3) is 0 Å². The predicted molar refractivity (Wildman–Crippen MR) is 79.4 cm³/mol. The Hall–Kier alpha value is -1.32. The second-order valence-electron chi connectivity index (χ2n) is 6.84. The number of hydrogen-bond acceptors (Lipinski definition) is 4. The van der Waals surface area contributed by atoms with E-state index in [1.54, 1.807) is 0 Å². The van der Waals surface area contributed by atoms with Gasteiger partial charge in [-0.1, -0.05) is 11.1 Å². The topological polar surface area (TPSA) is 52.6 Å². The summed E-state index contributed by atoms with van der Waals surface area (Å²) in [6.07, 6.45) is 0.542. The summed E-state index contributed by atoms with van der Waals surface area (Å²) >= 11 is 0. The fraction of sp³-hybridized carbons (Fsp3) is 0.765. The summed E-state index contributed by atoms with van der Waals surface area (Å²) in [6.45, 7) is 11.5. The lowest BCUT2D eigenvalue weighted by atomic mass is 9.76. The van der Waals surface area contributed by atoms with Gasteiger partial charge in [0.15, 0.2) is 0 Å². The van der Waals surface area contributed by atoms with Crippen LogP contribution in [0.2, 0.25) is 0 Å². The molecule has 0 spiro atoms. The second kappa shape index (κ2) is 5.82. The molecule has 0 radical (unpaired) electrons. The van der Waals surface area contributed by atoms with Crippen LogP contribution in [0.4, 0.5) is 0 Å². The largest absolute Gasteiger partial charge is 0.463 e. The van der Waals surface area contributed by atoms with Crippen LogP contribution in [0.5, 0.6) is 0 Å². The predicted octanol–water partition coefficient (Wildman–Crippen LogP) is 3.11. The van der Waals surface area contributed by atoms with Crippen molar-refractivity contribution in [2.75, 3.05) is 0 Å². The fourth-order valence-corrected chi connectivity index (χ4v) is 3.79. The highest BCUT2D eigenvalue weighted by Crippen LogP contribution is 2.55. The minimum absolute atomic E-state index is 0.131. The molecular formula is C17H26O4. The third-order valence-electron chi connectivity index (χ3n) is 4.74. The van der Waals surface area contributed by atoms with Crippen LogP contribution >= 0.6 is 0 Å². The van der Waals surface area contributed by atoms with Crippen LogP contribution in [-0.4, -0.2) is 24.1 Å². The summed E-state index contributed by atoms with van der Waals surface area (Å²) in [6, 6.07) is 0. The molecule has 0 amide bonds. The van der Waals surface area contributed by atoms with E-state index in [2.05, 4.69) is 13.8 Å². The summed E-state index contributed by atoms with van der Waals surface area (Å²) in [7, 11) is 0. The number of esters is 2. The van der Waals surface area contributed by atoms with Crippen LogP contribution in [0, 0.1) is 23.7 Å². The van der Waals surface area contributed by atoms with Gasteiger partial charge in [-0.3, -0.25) is 9.59 Å². The van der Waals surface area contributed by atoms with Crippen LogP contribution in [0.1, 0.15) is 48.0 Å². The molecule has 0 aromatic carbocycles. The molecule has 1 fully saturated rings. The zero-order chi connectivity index (χ0) is 15.9. The molecule has 0 aliphatic heterocycles. The lowest BCUT2D eigenvalue weighted by Crippen LogP contribution is -2.38. The zero-order valence-corrected chi connectivity index (χ0v) is 13.8. The van der Waals surface area contributed by atoms with E-state index in [4.69, 9.17) is 9.47 Å². The van der Waals surface area contributed by atoms with Crippen molar-refractivity contribution in [1.29, 1.82) is 0 Å². The first kappa shape index (κ1) is 16.1. The Labute approximate surface area is 126 Å². The molecule has 0 heterocycles. The second-order valence-corrected chi connectivity index (χ2v) is 6.84. The van der Waals surface area contributed by atoms with Crippen molar-refractivity contribution in [2.45, 2.75) is 60.2 Å². The summed E-state index contributed by atoms with van der Waals surface area (Å²) in [5.41, 5.74) is 2.50. The molecule has 118 valence electrons. The molecule has 2 bridgehead atoms. The van der Waals surface area contributed by atoms with Gasteiger partial charge in [0.2, 0.25) is 0 Å². The molecule has 0 N–H and O–H groups in total. The van der Waals surface area contributed by atoms with Gasteiger partial charge < -0.3 is 9.47 Å². The molecule has 4 unspecified atom stereocenters. The summed E-state index contributed by atoms with van der Waals surface area (Å²) in [5.74, 6) is -1.01. The number of rotatable bonds is 4. The Morgan fingerprint density at radius 1 is 0.857 bits per heavy atom. The van der Waals surface area contributed by atoms with E-state index in [9.17, 15) is 9.59 Å². The fourth-order valence-electron chi connectivity index (χ4n) is 3.79. The van der Waals surface area contributed by atoms with Crippen LogP contribution in [-0.2, 0) is 19.1 Å². The highest BCUT2D eigenvalue weighted by Gasteiger charge is 2.57. The van der Waals surface area contributed by atoms with E-state index >= 15 is 0 Å². The number of fused-ring (bicyclic) bond motifs is 2. The van der Waals surface area contributed by atoms with Crippen molar-refractivity contribution in [3.05, 3.63) is 11.1 Å². The number of hydrogen-bond donors (Lipinski definition) is 0. The first-order chi connectivity index (χ1) is 9.73. The molecule has 0 aromatic heterocycles. The van der Waals surface area contributed by atoms with E-state index in [0.29, 0.717) is 0 Å². The number of allylic oxidation sites excluding steroid dienone is 2. The van der Waals surface area contributed by atoms with E-state index in [-0.39, 0.29) is 47.8 Å². The van der Waals surface area contributed by atoms with Gasteiger partial charge in [-0.15, -0.1) is 0 Å². The lowest BCUT2D eigenvalue weighted by molar-refractivity contribution is -0.166. The maximum Gasteiger partial charge on any atom is 0.310 e. The van der Waals surface area contributed by atoms with Crippen LogP contribution in [0.15, 0.2) is 11.1 Å². The highest BCUT2D eigenvalue weighted by molar-refractivity contribution is 5.85. The van der Waals surface area contributed by atoms with Crippen molar-refractivity contribution in [3.63, 3.8) is 0 Å². The van der Waals surface area contributed by atoms with Gasteiger partial charge in [0.1, 0.15) is 0 Å². The van der Waals surface area contributed by atoms with Crippen molar-refractivity contribution in [2.24, 2.45) is 23.7 Å². The average molecular weight is 294 g/mol. The van der Waals surface area contributed by atoms with Crippen molar-refractivity contribution in [3.8, 4) is 0 Å². The number of carbonyl (C=O) groups is 2. The molecule has 4 heteroatoms. The molecule has 2 aliphatic carbocycles. The standard InChI is InChI=1S/C17H26O4/c1-8(2)20-16(18)14-12-7-13(11(6)10(12)5)15(14)17(19)21-9(3)4/h8-9,12-15H,7H2,1-6H3. The van der Waals surface area contributed by atoms with Gasteiger partial charge in [0.05, 0.1) is 24.0 Å². The van der Waals surface area contributed by atoms with Gasteiger partial charge in [0, 0.05) is 0 Å². The number of ether oxygens (including phenoxy) is 2. The SMILES string of the molecule is CC1=C(C)C2CC1C(C(=O)OC(C)C)C2C(=O)OC(C)C. The maximum atomic E-state index is 12.4. The van der Waals surface area contributed by atoms with Gasteiger partial charge in [-0.05, 0) is 59.8 Å². The molecule has 1 saturated carbocycles. The molecule has 4 nitrogen and oxygen atoms in total. The molecular weight excluding hydrogens is 268 g/mol. The highest BCUT2D eigenvalue weighted by atomic mass is 16.6. The Balaban J connectivity index is 2.27. The molecule has 2 aliphatic rings. The minimum atomic E-state index is -0.382. The first-order valence-electron chi connectivity index (χ1n) is 7.82. The summed E-state index contributed by atoms with van der Waals surface area (Å²) in [4.78, 5) is 24.9. The molecule has 4 atom stereocenters.